The van der Waals surface area contributed by atoms with Crippen molar-refractivity contribution >= 4 is 23.4 Å². The van der Waals surface area contributed by atoms with Gasteiger partial charge in [-0.3, -0.25) is 10.1 Å². The summed E-state index contributed by atoms with van der Waals surface area (Å²) in [6.07, 6.45) is 3.99. The Morgan fingerprint density at radius 2 is 2.29 bits per heavy atom. The van der Waals surface area contributed by atoms with Crippen LogP contribution in [0, 0.1) is 16.0 Å². The van der Waals surface area contributed by atoms with Crippen molar-refractivity contribution in [3.63, 3.8) is 0 Å². The summed E-state index contributed by atoms with van der Waals surface area (Å²) in [5, 5.41) is 21.4. The summed E-state index contributed by atoms with van der Waals surface area (Å²) in [7, 11) is 0. The molecular formula is C17H21NO5S. The molecule has 130 valence electrons. The normalized spacial score (nSPS) is 29.4. The van der Waals surface area contributed by atoms with E-state index in [1.807, 2.05) is 11.8 Å². The second kappa shape index (κ2) is 6.27. The Hall–Kier alpha value is -1.76. The number of ether oxygens (including phenoxy) is 1. The second-order valence-electron chi connectivity index (χ2n) is 6.64. The maximum absolute atomic E-state index is 11.4. The molecule has 4 atom stereocenters. The first-order valence-electron chi connectivity index (χ1n) is 8.23. The number of nitrogens with zero attached hydrogens (tertiary/aromatic N) is 1. The number of nitro benzene ring substituents is 1. The van der Waals surface area contributed by atoms with Gasteiger partial charge in [0.1, 0.15) is 5.60 Å². The first kappa shape index (κ1) is 17.1. The van der Waals surface area contributed by atoms with Crippen LogP contribution in [0.3, 0.4) is 0 Å². The van der Waals surface area contributed by atoms with Crippen molar-refractivity contribution < 1.29 is 19.6 Å². The Morgan fingerprint density at radius 1 is 1.54 bits per heavy atom. The summed E-state index contributed by atoms with van der Waals surface area (Å²) in [5.74, 6) is -0.795. The molecule has 4 unspecified atom stereocenters. The molecule has 2 saturated heterocycles. The minimum atomic E-state index is -1.12. The molecule has 24 heavy (non-hydrogen) atoms. The third kappa shape index (κ3) is 2.75. The molecule has 2 aliphatic rings. The fraction of sp³-hybridized carbons (Fsp3) is 0.588. The van der Waals surface area contributed by atoms with Crippen molar-refractivity contribution in [2.45, 2.75) is 55.6 Å². The zero-order chi connectivity index (χ0) is 17.5. The largest absolute Gasteiger partial charge is 0.479 e. The predicted molar refractivity (Wildman–Crippen MR) is 91.9 cm³/mol. The van der Waals surface area contributed by atoms with Crippen LogP contribution in [-0.2, 0) is 0 Å². The number of carboxylic acids is 1. The molecule has 1 aromatic carbocycles. The lowest BCUT2D eigenvalue weighted by atomic mass is 9.75. The molecule has 0 amide bonds. The van der Waals surface area contributed by atoms with E-state index in [0.29, 0.717) is 10.5 Å². The van der Waals surface area contributed by atoms with E-state index in [0.717, 1.165) is 25.7 Å². The molecule has 6 nitrogen and oxygen atoms in total. The molecule has 2 bridgehead atoms. The van der Waals surface area contributed by atoms with Crippen molar-refractivity contribution in [1.82, 2.24) is 0 Å². The van der Waals surface area contributed by atoms with Crippen molar-refractivity contribution in [3.8, 4) is 5.75 Å². The Morgan fingerprint density at radius 3 is 2.79 bits per heavy atom. The molecule has 1 aromatic rings. The van der Waals surface area contributed by atoms with E-state index in [4.69, 9.17) is 4.74 Å². The van der Waals surface area contributed by atoms with E-state index in [2.05, 4.69) is 13.8 Å². The van der Waals surface area contributed by atoms with Crippen molar-refractivity contribution in [2.75, 3.05) is 0 Å². The first-order chi connectivity index (χ1) is 11.4. The molecule has 0 saturated carbocycles. The third-order valence-corrected chi connectivity index (χ3v) is 7.10. The van der Waals surface area contributed by atoms with E-state index >= 15 is 0 Å². The van der Waals surface area contributed by atoms with Gasteiger partial charge < -0.3 is 9.84 Å². The maximum atomic E-state index is 11.4. The highest BCUT2D eigenvalue weighted by Gasteiger charge is 2.56. The Labute approximate surface area is 144 Å². The van der Waals surface area contributed by atoms with E-state index < -0.39 is 16.5 Å². The highest BCUT2D eigenvalue weighted by molar-refractivity contribution is 8.01. The average Bonchev–Trinajstić information content (AvgIpc) is 3.15. The van der Waals surface area contributed by atoms with Gasteiger partial charge in [-0.1, -0.05) is 13.8 Å². The minimum absolute atomic E-state index is 0.00529. The molecule has 1 N–H and O–H groups in total. The lowest BCUT2D eigenvalue weighted by Gasteiger charge is -2.41. The van der Waals surface area contributed by atoms with Gasteiger partial charge in [0, 0.05) is 29.1 Å². The van der Waals surface area contributed by atoms with Gasteiger partial charge in [-0.15, -0.1) is 0 Å². The molecule has 2 fully saturated rings. The van der Waals surface area contributed by atoms with Crippen LogP contribution in [0.5, 0.6) is 5.75 Å². The maximum Gasteiger partial charge on any atom is 0.335 e. The number of fused-ring (bicyclic) bond motifs is 2. The molecule has 0 spiro atoms. The highest BCUT2D eigenvalue weighted by atomic mass is 32.2. The number of thioether (sulfide) groups is 1. The number of carboxylic acid groups (broad SMARTS) is 1. The van der Waals surface area contributed by atoms with Crippen LogP contribution in [0.1, 0.15) is 49.9 Å². The quantitative estimate of drug-likeness (QED) is 0.612. The molecule has 3 rings (SSSR count). The fourth-order valence-electron chi connectivity index (χ4n) is 3.86. The zero-order valence-electron chi connectivity index (χ0n) is 13.7. The van der Waals surface area contributed by atoms with Gasteiger partial charge in [0.2, 0.25) is 0 Å². The average molecular weight is 351 g/mol. The van der Waals surface area contributed by atoms with Gasteiger partial charge in [-0.05, 0) is 31.2 Å². The molecule has 2 heterocycles. The van der Waals surface area contributed by atoms with Crippen LogP contribution in [0.15, 0.2) is 18.2 Å². The molecular weight excluding hydrogens is 330 g/mol. The smallest absolute Gasteiger partial charge is 0.335 e. The molecule has 0 aliphatic carbocycles. The number of nitro groups is 1. The number of hydrogen-bond donors (Lipinski definition) is 1. The van der Waals surface area contributed by atoms with Gasteiger partial charge >= 0.3 is 11.7 Å². The SMILES string of the molecule is CCC(C)C1(Oc2cc(C(=O)O)ccc2[N+](=O)[O-])CC2CCC1S2. The van der Waals surface area contributed by atoms with E-state index in [1.165, 1.54) is 18.2 Å². The van der Waals surface area contributed by atoms with Crippen LogP contribution >= 0.6 is 11.8 Å². The summed E-state index contributed by atoms with van der Waals surface area (Å²) < 4.78 is 6.31. The van der Waals surface area contributed by atoms with Crippen LogP contribution in [-0.4, -0.2) is 32.1 Å². The minimum Gasteiger partial charge on any atom is -0.479 e. The van der Waals surface area contributed by atoms with Crippen LogP contribution in [0.4, 0.5) is 5.69 Å². The standard InChI is InChI=1S/C17H21NO5S/c1-3-10(2)17(9-12-5-7-15(17)24-12)23-14-8-11(16(19)20)4-6-13(14)18(21)22/h4,6,8,10,12,15H,3,5,7,9H2,1-2H3,(H,19,20). The number of carbonyl (C=O) groups is 1. The molecule has 2 aliphatic heterocycles. The van der Waals surface area contributed by atoms with E-state index in [9.17, 15) is 20.0 Å². The molecule has 7 heteroatoms. The number of benzene rings is 1. The van der Waals surface area contributed by atoms with Gasteiger partial charge in [0.25, 0.3) is 0 Å². The summed E-state index contributed by atoms with van der Waals surface area (Å²) in [6.45, 7) is 4.21. The van der Waals surface area contributed by atoms with E-state index in [-0.39, 0.29) is 22.9 Å². The highest BCUT2D eigenvalue weighted by Crippen LogP contribution is 2.57. The van der Waals surface area contributed by atoms with Crippen molar-refractivity contribution in [1.29, 1.82) is 0 Å². The zero-order valence-corrected chi connectivity index (χ0v) is 14.5. The van der Waals surface area contributed by atoms with Gasteiger partial charge in [-0.2, -0.15) is 11.8 Å². The Kier molecular flexibility index (Phi) is 4.46. The lowest BCUT2D eigenvalue weighted by Crippen LogP contribution is -2.50. The first-order valence-corrected chi connectivity index (χ1v) is 9.18. The number of aromatic carboxylic acids is 1. The predicted octanol–water partition coefficient (Wildman–Crippen LogP) is 4.12. The lowest BCUT2D eigenvalue weighted by molar-refractivity contribution is -0.386. The summed E-state index contributed by atoms with van der Waals surface area (Å²) >= 11 is 1.91. The van der Waals surface area contributed by atoms with Crippen LogP contribution < -0.4 is 4.74 Å². The van der Waals surface area contributed by atoms with Gasteiger partial charge in [-0.25, -0.2) is 4.79 Å². The molecule has 0 radical (unpaired) electrons. The monoisotopic (exact) mass is 351 g/mol. The second-order valence-corrected chi connectivity index (χ2v) is 8.15. The number of hydrogen-bond acceptors (Lipinski definition) is 5. The van der Waals surface area contributed by atoms with Crippen LogP contribution in [0.25, 0.3) is 0 Å². The summed E-state index contributed by atoms with van der Waals surface area (Å²) in [4.78, 5) is 22.1. The Bertz CT molecular complexity index is 679. The van der Waals surface area contributed by atoms with Crippen molar-refractivity contribution in [3.05, 3.63) is 33.9 Å². The molecule has 0 aromatic heterocycles. The van der Waals surface area contributed by atoms with E-state index in [1.54, 1.807) is 0 Å². The van der Waals surface area contributed by atoms with Gasteiger partial charge in [0.05, 0.1) is 10.5 Å². The fourth-order valence-corrected chi connectivity index (χ4v) is 5.83. The topological polar surface area (TPSA) is 89.7 Å². The number of rotatable bonds is 6. The summed E-state index contributed by atoms with van der Waals surface area (Å²) in [5.41, 5.74) is -0.620. The van der Waals surface area contributed by atoms with Crippen LogP contribution in [0.2, 0.25) is 0 Å². The summed E-state index contributed by atoms with van der Waals surface area (Å²) in [6, 6.07) is 3.77. The third-order valence-electron chi connectivity index (χ3n) is 5.35. The van der Waals surface area contributed by atoms with Crippen molar-refractivity contribution in [2.24, 2.45) is 5.92 Å². The Balaban J connectivity index is 2.02. The van der Waals surface area contributed by atoms with Gasteiger partial charge in [0.15, 0.2) is 5.75 Å².